The lowest BCUT2D eigenvalue weighted by Gasteiger charge is -2.23. The summed E-state index contributed by atoms with van der Waals surface area (Å²) in [6.07, 6.45) is 5.38. The Morgan fingerprint density at radius 3 is 2.68 bits per heavy atom. The van der Waals surface area contributed by atoms with Gasteiger partial charge in [0.2, 0.25) is 5.91 Å². The van der Waals surface area contributed by atoms with Crippen molar-refractivity contribution in [3.63, 3.8) is 0 Å². The smallest absolute Gasteiger partial charge is 0.228 e. The fourth-order valence-corrected chi connectivity index (χ4v) is 2.87. The number of carbonyl (C=O) groups is 1. The van der Waals surface area contributed by atoms with Gasteiger partial charge < -0.3 is 9.88 Å². The molecule has 1 aromatic heterocycles. The van der Waals surface area contributed by atoms with E-state index in [0.29, 0.717) is 0 Å². The molecule has 1 aliphatic rings. The minimum Gasteiger partial charge on any atom is -0.335 e. The molecule has 4 nitrogen and oxygen atoms in total. The second-order valence-corrected chi connectivity index (χ2v) is 7.04. The van der Waals surface area contributed by atoms with Crippen molar-refractivity contribution in [2.24, 2.45) is 5.92 Å². The number of benzene rings is 1. The van der Waals surface area contributed by atoms with Gasteiger partial charge in [0.25, 0.3) is 0 Å². The fraction of sp³-hybridized carbons (Fsp3) is 0.444. The topological polar surface area (TPSA) is 46.9 Å². The normalized spacial score (nSPS) is 17.9. The maximum atomic E-state index is 12.4. The molecular weight excluding hydrogens is 274 g/mol. The average Bonchev–Trinajstić information content (AvgIpc) is 2.94. The van der Waals surface area contributed by atoms with Crippen LogP contribution in [0.25, 0.3) is 0 Å². The molecule has 2 heterocycles. The molecule has 4 heteroatoms. The SMILES string of the molecule is CC(C)(C)c1ccc(NC(=O)C2CCn3ccnc3C2)cc1. The number of hydrogen-bond donors (Lipinski definition) is 1. The highest BCUT2D eigenvalue weighted by molar-refractivity contribution is 5.92. The lowest BCUT2D eigenvalue weighted by Crippen LogP contribution is -2.30. The van der Waals surface area contributed by atoms with Gasteiger partial charge in [0.05, 0.1) is 0 Å². The molecule has 1 N–H and O–H groups in total. The van der Waals surface area contributed by atoms with E-state index in [-0.39, 0.29) is 17.2 Å². The van der Waals surface area contributed by atoms with E-state index in [1.54, 1.807) is 6.20 Å². The van der Waals surface area contributed by atoms with Crippen LogP contribution in [0.2, 0.25) is 0 Å². The Morgan fingerprint density at radius 2 is 2.00 bits per heavy atom. The summed E-state index contributed by atoms with van der Waals surface area (Å²) in [5, 5.41) is 3.04. The Balaban J connectivity index is 1.65. The van der Waals surface area contributed by atoms with Crippen LogP contribution in [0, 0.1) is 5.92 Å². The maximum absolute atomic E-state index is 12.4. The second kappa shape index (κ2) is 5.59. The minimum absolute atomic E-state index is 0.0113. The Hall–Kier alpha value is -2.10. The predicted molar refractivity (Wildman–Crippen MR) is 87.8 cm³/mol. The lowest BCUT2D eigenvalue weighted by molar-refractivity contribution is -0.120. The quantitative estimate of drug-likeness (QED) is 0.923. The van der Waals surface area contributed by atoms with Gasteiger partial charge in [-0.25, -0.2) is 4.98 Å². The standard InChI is InChI=1S/C18H23N3O/c1-18(2,3)14-4-6-15(7-5-14)20-17(22)13-8-10-21-11-9-19-16(21)12-13/h4-7,9,11,13H,8,10,12H2,1-3H3,(H,20,22). The maximum Gasteiger partial charge on any atom is 0.228 e. The third-order valence-corrected chi connectivity index (χ3v) is 4.34. The number of carbonyl (C=O) groups excluding carboxylic acids is 1. The number of rotatable bonds is 2. The highest BCUT2D eigenvalue weighted by Crippen LogP contribution is 2.25. The third kappa shape index (κ3) is 3.06. The van der Waals surface area contributed by atoms with Crippen LogP contribution < -0.4 is 5.32 Å². The van der Waals surface area contributed by atoms with Gasteiger partial charge in [-0.1, -0.05) is 32.9 Å². The van der Waals surface area contributed by atoms with Crippen LogP contribution in [0.5, 0.6) is 0 Å². The minimum atomic E-state index is 0.0113. The van der Waals surface area contributed by atoms with Gasteiger partial charge in [0, 0.05) is 37.0 Å². The number of imidazole rings is 1. The number of aromatic nitrogens is 2. The summed E-state index contributed by atoms with van der Waals surface area (Å²) in [6, 6.07) is 8.15. The third-order valence-electron chi connectivity index (χ3n) is 4.34. The van der Waals surface area contributed by atoms with Gasteiger partial charge in [-0.05, 0) is 29.5 Å². The molecule has 1 aromatic carbocycles. The summed E-state index contributed by atoms with van der Waals surface area (Å²) in [5.41, 5.74) is 2.26. The highest BCUT2D eigenvalue weighted by Gasteiger charge is 2.25. The summed E-state index contributed by atoms with van der Waals surface area (Å²) in [5.74, 6) is 1.12. The first-order valence-corrected chi connectivity index (χ1v) is 7.85. The summed E-state index contributed by atoms with van der Waals surface area (Å²) in [7, 11) is 0. The highest BCUT2D eigenvalue weighted by atomic mass is 16.1. The van der Waals surface area contributed by atoms with E-state index < -0.39 is 0 Å². The van der Waals surface area contributed by atoms with E-state index in [1.165, 1.54) is 5.56 Å². The summed E-state index contributed by atoms with van der Waals surface area (Å²) >= 11 is 0. The van der Waals surface area contributed by atoms with Crippen molar-refractivity contribution < 1.29 is 4.79 Å². The summed E-state index contributed by atoms with van der Waals surface area (Å²) in [4.78, 5) is 16.8. The van der Waals surface area contributed by atoms with Gasteiger partial charge in [0.15, 0.2) is 0 Å². The number of aryl methyl sites for hydroxylation is 1. The molecule has 116 valence electrons. The van der Waals surface area contributed by atoms with Crippen LogP contribution in [-0.4, -0.2) is 15.5 Å². The Bertz CT molecular complexity index is 664. The number of anilines is 1. The number of hydrogen-bond acceptors (Lipinski definition) is 2. The van der Waals surface area contributed by atoms with E-state index in [0.717, 1.165) is 30.9 Å². The van der Waals surface area contributed by atoms with E-state index in [2.05, 4.69) is 47.8 Å². The average molecular weight is 297 g/mol. The van der Waals surface area contributed by atoms with Crippen molar-refractivity contribution in [1.82, 2.24) is 9.55 Å². The van der Waals surface area contributed by atoms with Gasteiger partial charge in [-0.15, -0.1) is 0 Å². The molecule has 0 spiro atoms. The first-order valence-electron chi connectivity index (χ1n) is 7.85. The van der Waals surface area contributed by atoms with Crippen LogP contribution in [0.3, 0.4) is 0 Å². The van der Waals surface area contributed by atoms with E-state index in [1.807, 2.05) is 18.3 Å². The van der Waals surface area contributed by atoms with Gasteiger partial charge >= 0.3 is 0 Å². The molecule has 0 saturated carbocycles. The van der Waals surface area contributed by atoms with Crippen molar-refractivity contribution in [2.45, 2.75) is 45.6 Å². The van der Waals surface area contributed by atoms with Crippen LogP contribution >= 0.6 is 0 Å². The molecule has 3 rings (SSSR count). The van der Waals surface area contributed by atoms with Crippen LogP contribution in [0.4, 0.5) is 5.69 Å². The van der Waals surface area contributed by atoms with Crippen molar-refractivity contribution in [1.29, 1.82) is 0 Å². The van der Waals surface area contributed by atoms with Crippen molar-refractivity contribution >= 4 is 11.6 Å². The number of amides is 1. The van der Waals surface area contributed by atoms with Gasteiger partial charge in [0.1, 0.15) is 5.82 Å². The Morgan fingerprint density at radius 1 is 1.27 bits per heavy atom. The molecule has 1 amide bonds. The summed E-state index contributed by atoms with van der Waals surface area (Å²) < 4.78 is 2.13. The zero-order valence-corrected chi connectivity index (χ0v) is 13.5. The summed E-state index contributed by atoms with van der Waals surface area (Å²) in [6.45, 7) is 7.43. The number of nitrogens with one attached hydrogen (secondary N) is 1. The molecule has 0 fully saturated rings. The van der Waals surface area contributed by atoms with Gasteiger partial charge in [-0.2, -0.15) is 0 Å². The lowest BCUT2D eigenvalue weighted by atomic mass is 9.87. The van der Waals surface area contributed by atoms with Crippen molar-refractivity contribution in [3.8, 4) is 0 Å². The molecule has 1 aliphatic heterocycles. The van der Waals surface area contributed by atoms with Crippen LogP contribution in [0.15, 0.2) is 36.7 Å². The molecule has 0 aliphatic carbocycles. The largest absolute Gasteiger partial charge is 0.335 e. The van der Waals surface area contributed by atoms with Gasteiger partial charge in [-0.3, -0.25) is 4.79 Å². The molecule has 22 heavy (non-hydrogen) atoms. The van der Waals surface area contributed by atoms with E-state index in [9.17, 15) is 4.79 Å². The Labute approximate surface area is 131 Å². The molecular formula is C18H23N3O. The zero-order valence-electron chi connectivity index (χ0n) is 13.5. The molecule has 0 saturated heterocycles. The molecule has 1 unspecified atom stereocenters. The first-order chi connectivity index (χ1) is 10.4. The molecule has 0 radical (unpaired) electrons. The van der Waals surface area contributed by atoms with Crippen LogP contribution in [-0.2, 0) is 23.2 Å². The van der Waals surface area contributed by atoms with Crippen molar-refractivity contribution in [2.75, 3.05) is 5.32 Å². The second-order valence-electron chi connectivity index (χ2n) is 7.04. The van der Waals surface area contributed by atoms with Crippen molar-refractivity contribution in [3.05, 3.63) is 48.0 Å². The molecule has 0 bridgehead atoms. The molecule has 1 atom stereocenters. The fourth-order valence-electron chi connectivity index (χ4n) is 2.87. The van der Waals surface area contributed by atoms with E-state index in [4.69, 9.17) is 0 Å². The monoisotopic (exact) mass is 297 g/mol. The Kier molecular flexibility index (Phi) is 3.77. The first kappa shape index (κ1) is 14.8. The zero-order chi connectivity index (χ0) is 15.7. The van der Waals surface area contributed by atoms with E-state index >= 15 is 0 Å². The number of fused-ring (bicyclic) bond motifs is 1. The predicted octanol–water partition coefficient (Wildman–Crippen LogP) is 3.38. The van der Waals surface area contributed by atoms with Crippen LogP contribution in [0.1, 0.15) is 38.6 Å². The molecule has 2 aromatic rings. The number of nitrogens with zero attached hydrogens (tertiary/aromatic N) is 2.